The highest BCUT2D eigenvalue weighted by Gasteiger charge is 2.17. The molecule has 0 saturated heterocycles. The van der Waals surface area contributed by atoms with Gasteiger partial charge in [0.15, 0.2) is 0 Å². The summed E-state index contributed by atoms with van der Waals surface area (Å²) in [7, 11) is 0. The fraction of sp³-hybridized carbons (Fsp3) is 0.214. The molecule has 1 aromatic carbocycles. The van der Waals surface area contributed by atoms with Crippen LogP contribution < -0.4 is 5.73 Å². The van der Waals surface area contributed by atoms with Gasteiger partial charge in [0.1, 0.15) is 11.6 Å². The number of H-pyrrole nitrogens is 1. The lowest BCUT2D eigenvalue weighted by Gasteiger charge is -2.05. The zero-order chi connectivity index (χ0) is 13.6. The minimum atomic E-state index is -0.214. The predicted molar refractivity (Wildman–Crippen MR) is 77.9 cm³/mol. The van der Waals surface area contributed by atoms with E-state index in [1.807, 2.05) is 6.07 Å². The SMILES string of the molecule is CC(C)c1c(N)n[nH]c1-c1cc2ccc(F)cc2s1. The number of nitrogens with two attached hydrogens (primary N) is 1. The third kappa shape index (κ3) is 2.00. The summed E-state index contributed by atoms with van der Waals surface area (Å²) in [6, 6.07) is 6.86. The van der Waals surface area contributed by atoms with Gasteiger partial charge in [-0.25, -0.2) is 4.39 Å². The number of nitrogens with one attached hydrogen (secondary N) is 1. The standard InChI is InChI=1S/C14H14FN3S/c1-7(2)12-13(17-18-14(12)16)11-5-8-3-4-9(15)6-10(8)19-11/h3-7H,1-2H3,(H3,16,17,18). The predicted octanol–water partition coefficient (Wildman–Crippen LogP) is 4.14. The number of hydrogen-bond acceptors (Lipinski definition) is 3. The smallest absolute Gasteiger partial charge is 0.149 e. The molecule has 0 aliphatic heterocycles. The van der Waals surface area contributed by atoms with Gasteiger partial charge in [-0.3, -0.25) is 5.10 Å². The summed E-state index contributed by atoms with van der Waals surface area (Å²) in [4.78, 5) is 1.04. The number of rotatable bonds is 2. The van der Waals surface area contributed by atoms with Crippen molar-refractivity contribution in [3.63, 3.8) is 0 Å². The summed E-state index contributed by atoms with van der Waals surface area (Å²) in [5, 5.41) is 8.11. The summed E-state index contributed by atoms with van der Waals surface area (Å²) in [5.41, 5.74) is 7.86. The van der Waals surface area contributed by atoms with Crippen LogP contribution in [0.4, 0.5) is 10.2 Å². The average Bonchev–Trinajstić information content (AvgIpc) is 2.91. The van der Waals surface area contributed by atoms with Crippen LogP contribution in [0.3, 0.4) is 0 Å². The van der Waals surface area contributed by atoms with Crippen LogP contribution in [-0.4, -0.2) is 10.2 Å². The van der Waals surface area contributed by atoms with E-state index in [9.17, 15) is 4.39 Å². The minimum Gasteiger partial charge on any atom is -0.382 e. The number of anilines is 1. The number of nitrogen functional groups attached to an aromatic ring is 1. The zero-order valence-corrected chi connectivity index (χ0v) is 11.5. The number of thiophene rings is 1. The molecule has 0 radical (unpaired) electrons. The van der Waals surface area contributed by atoms with Crippen molar-refractivity contribution in [2.45, 2.75) is 19.8 Å². The topological polar surface area (TPSA) is 54.7 Å². The molecule has 19 heavy (non-hydrogen) atoms. The molecule has 98 valence electrons. The van der Waals surface area contributed by atoms with Crippen molar-refractivity contribution in [1.82, 2.24) is 10.2 Å². The lowest BCUT2D eigenvalue weighted by molar-refractivity contribution is 0.630. The number of aromatic amines is 1. The quantitative estimate of drug-likeness (QED) is 0.738. The van der Waals surface area contributed by atoms with Crippen molar-refractivity contribution in [3.8, 4) is 10.6 Å². The van der Waals surface area contributed by atoms with E-state index in [1.165, 1.54) is 6.07 Å². The van der Waals surface area contributed by atoms with Crippen molar-refractivity contribution in [2.75, 3.05) is 5.73 Å². The molecule has 3 nitrogen and oxygen atoms in total. The average molecular weight is 275 g/mol. The van der Waals surface area contributed by atoms with Gasteiger partial charge < -0.3 is 5.73 Å². The van der Waals surface area contributed by atoms with E-state index in [4.69, 9.17) is 5.73 Å². The first kappa shape index (κ1) is 12.2. The highest BCUT2D eigenvalue weighted by atomic mass is 32.1. The summed E-state index contributed by atoms with van der Waals surface area (Å²) in [5.74, 6) is 0.610. The Labute approximate surface area is 114 Å². The molecule has 3 aromatic rings. The first-order valence-electron chi connectivity index (χ1n) is 6.09. The van der Waals surface area contributed by atoms with Gasteiger partial charge in [0, 0.05) is 10.3 Å². The third-order valence-electron chi connectivity index (χ3n) is 3.14. The first-order valence-corrected chi connectivity index (χ1v) is 6.91. The Morgan fingerprint density at radius 1 is 1.32 bits per heavy atom. The zero-order valence-electron chi connectivity index (χ0n) is 10.7. The molecule has 2 aromatic heterocycles. The Morgan fingerprint density at radius 2 is 2.11 bits per heavy atom. The van der Waals surface area contributed by atoms with Gasteiger partial charge in [-0.05, 0) is 29.5 Å². The van der Waals surface area contributed by atoms with Gasteiger partial charge in [0.25, 0.3) is 0 Å². The van der Waals surface area contributed by atoms with Crippen molar-refractivity contribution in [3.05, 3.63) is 35.6 Å². The fourth-order valence-electron chi connectivity index (χ4n) is 2.27. The number of fused-ring (bicyclic) bond motifs is 1. The van der Waals surface area contributed by atoms with Gasteiger partial charge in [-0.2, -0.15) is 5.10 Å². The summed E-state index contributed by atoms with van der Waals surface area (Å²) in [6.45, 7) is 4.16. The molecule has 0 saturated carbocycles. The maximum Gasteiger partial charge on any atom is 0.149 e. The second-order valence-electron chi connectivity index (χ2n) is 4.85. The molecule has 2 heterocycles. The normalized spacial score (nSPS) is 11.6. The molecule has 3 rings (SSSR count). The van der Waals surface area contributed by atoms with Crippen LogP contribution in [0.2, 0.25) is 0 Å². The van der Waals surface area contributed by atoms with Crippen molar-refractivity contribution in [1.29, 1.82) is 0 Å². The van der Waals surface area contributed by atoms with Gasteiger partial charge >= 0.3 is 0 Å². The van der Waals surface area contributed by atoms with E-state index in [-0.39, 0.29) is 11.7 Å². The lowest BCUT2D eigenvalue weighted by atomic mass is 10.0. The van der Waals surface area contributed by atoms with Crippen LogP contribution in [0.5, 0.6) is 0 Å². The van der Waals surface area contributed by atoms with Crippen LogP contribution in [0.15, 0.2) is 24.3 Å². The van der Waals surface area contributed by atoms with Crippen molar-refractivity contribution in [2.24, 2.45) is 0 Å². The van der Waals surface area contributed by atoms with E-state index in [0.717, 1.165) is 26.2 Å². The summed E-state index contributed by atoms with van der Waals surface area (Å²) >= 11 is 1.54. The van der Waals surface area contributed by atoms with Gasteiger partial charge in [0.05, 0.1) is 10.6 Å². The van der Waals surface area contributed by atoms with E-state index in [0.29, 0.717) is 5.82 Å². The maximum absolute atomic E-state index is 13.2. The van der Waals surface area contributed by atoms with E-state index < -0.39 is 0 Å². The van der Waals surface area contributed by atoms with Crippen LogP contribution in [0.25, 0.3) is 20.7 Å². The molecule has 5 heteroatoms. The summed E-state index contributed by atoms with van der Waals surface area (Å²) in [6.07, 6.45) is 0. The Kier molecular flexibility index (Phi) is 2.78. The van der Waals surface area contributed by atoms with Crippen LogP contribution >= 0.6 is 11.3 Å². The molecule has 0 fully saturated rings. The monoisotopic (exact) mass is 275 g/mol. The minimum absolute atomic E-state index is 0.214. The first-order chi connectivity index (χ1) is 9.06. The number of aromatic nitrogens is 2. The molecule has 0 aliphatic carbocycles. The molecule has 0 amide bonds. The fourth-order valence-corrected chi connectivity index (χ4v) is 3.36. The number of benzene rings is 1. The number of halogens is 1. The van der Waals surface area contributed by atoms with Crippen molar-refractivity contribution < 1.29 is 4.39 Å². The number of hydrogen-bond donors (Lipinski definition) is 2. The second kappa shape index (κ2) is 4.35. The number of nitrogens with zero attached hydrogens (tertiary/aromatic N) is 1. The van der Waals surface area contributed by atoms with E-state index in [2.05, 4.69) is 24.0 Å². The molecular formula is C14H14FN3S. The van der Waals surface area contributed by atoms with E-state index in [1.54, 1.807) is 23.5 Å². The molecule has 0 bridgehead atoms. The molecule has 0 aliphatic rings. The highest BCUT2D eigenvalue weighted by Crippen LogP contribution is 2.38. The highest BCUT2D eigenvalue weighted by molar-refractivity contribution is 7.22. The van der Waals surface area contributed by atoms with Crippen molar-refractivity contribution >= 4 is 27.2 Å². The van der Waals surface area contributed by atoms with Crippen LogP contribution in [-0.2, 0) is 0 Å². The van der Waals surface area contributed by atoms with Gasteiger partial charge in [-0.1, -0.05) is 19.9 Å². The Hall–Kier alpha value is -1.88. The van der Waals surface area contributed by atoms with Gasteiger partial charge in [-0.15, -0.1) is 11.3 Å². The third-order valence-corrected chi connectivity index (χ3v) is 4.25. The lowest BCUT2D eigenvalue weighted by Crippen LogP contribution is -1.94. The Balaban J connectivity index is 2.19. The Bertz CT molecular complexity index is 742. The summed E-state index contributed by atoms with van der Waals surface area (Å²) < 4.78 is 14.2. The molecule has 0 spiro atoms. The van der Waals surface area contributed by atoms with E-state index >= 15 is 0 Å². The largest absolute Gasteiger partial charge is 0.382 e. The molecular weight excluding hydrogens is 261 g/mol. The van der Waals surface area contributed by atoms with Gasteiger partial charge in [0.2, 0.25) is 0 Å². The van der Waals surface area contributed by atoms with Crippen LogP contribution in [0.1, 0.15) is 25.3 Å². The molecule has 0 atom stereocenters. The maximum atomic E-state index is 13.2. The Morgan fingerprint density at radius 3 is 2.84 bits per heavy atom. The van der Waals surface area contributed by atoms with Crippen LogP contribution in [0, 0.1) is 5.82 Å². The molecule has 3 N–H and O–H groups in total. The second-order valence-corrected chi connectivity index (χ2v) is 5.93. The molecule has 0 unspecified atom stereocenters.